The molecule has 1 unspecified atom stereocenters. The van der Waals surface area contributed by atoms with Crippen LogP contribution < -0.4 is 4.90 Å². The largest absolute Gasteiger partial charge is 0.416 e. The molecule has 0 bridgehead atoms. The Bertz CT molecular complexity index is 845. The summed E-state index contributed by atoms with van der Waals surface area (Å²) in [7, 11) is 0. The van der Waals surface area contributed by atoms with Crippen LogP contribution in [0.5, 0.6) is 0 Å². The average molecular weight is 376 g/mol. The highest BCUT2D eigenvalue weighted by Gasteiger charge is 2.34. The number of anilines is 1. The molecule has 1 aliphatic heterocycles. The lowest BCUT2D eigenvalue weighted by Gasteiger charge is -2.39. The van der Waals surface area contributed by atoms with Crippen LogP contribution in [0.25, 0.3) is 0 Å². The Morgan fingerprint density at radius 2 is 1.63 bits per heavy atom. The van der Waals surface area contributed by atoms with Crippen LogP contribution in [0.3, 0.4) is 0 Å². The Balaban J connectivity index is 1.76. The maximum absolute atomic E-state index is 12.7. The SMILES string of the molecule is Cc1ccc(N2CC(C)N(C(=O)c3ccc(C(F)(F)F)cc3)CC2=O)cc1. The van der Waals surface area contributed by atoms with Crippen LogP contribution in [-0.4, -0.2) is 35.8 Å². The second-order valence-corrected chi connectivity index (χ2v) is 6.70. The molecule has 0 spiro atoms. The maximum atomic E-state index is 12.7. The molecule has 1 saturated heterocycles. The van der Waals surface area contributed by atoms with Gasteiger partial charge < -0.3 is 9.80 Å². The molecular formula is C20H19F3N2O2. The van der Waals surface area contributed by atoms with Gasteiger partial charge in [0.15, 0.2) is 0 Å². The standard InChI is InChI=1S/C20H19F3N2O2/c1-13-3-9-17(10-4-13)25-11-14(2)24(12-18(25)26)19(27)15-5-7-16(8-6-15)20(21,22)23/h3-10,14H,11-12H2,1-2H3. The summed E-state index contributed by atoms with van der Waals surface area (Å²) < 4.78 is 38.0. The summed E-state index contributed by atoms with van der Waals surface area (Å²) in [6, 6.07) is 11.3. The topological polar surface area (TPSA) is 40.6 Å². The van der Waals surface area contributed by atoms with E-state index >= 15 is 0 Å². The number of benzene rings is 2. The number of halogens is 3. The number of amides is 2. The monoisotopic (exact) mass is 376 g/mol. The van der Waals surface area contributed by atoms with Gasteiger partial charge in [-0.05, 0) is 50.2 Å². The highest BCUT2D eigenvalue weighted by Crippen LogP contribution is 2.29. The quantitative estimate of drug-likeness (QED) is 0.798. The van der Waals surface area contributed by atoms with Gasteiger partial charge in [0.25, 0.3) is 5.91 Å². The van der Waals surface area contributed by atoms with E-state index in [1.165, 1.54) is 4.90 Å². The molecular weight excluding hydrogens is 357 g/mol. The van der Waals surface area contributed by atoms with Crippen molar-refractivity contribution in [3.8, 4) is 0 Å². The fourth-order valence-electron chi connectivity index (χ4n) is 3.07. The zero-order valence-corrected chi connectivity index (χ0v) is 15.0. The van der Waals surface area contributed by atoms with Crippen molar-refractivity contribution in [1.82, 2.24) is 4.90 Å². The van der Waals surface area contributed by atoms with Gasteiger partial charge in [-0.1, -0.05) is 17.7 Å². The minimum atomic E-state index is -4.45. The summed E-state index contributed by atoms with van der Waals surface area (Å²) in [4.78, 5) is 28.2. The number of aryl methyl sites for hydroxylation is 1. The molecule has 0 N–H and O–H groups in total. The molecule has 7 heteroatoms. The highest BCUT2D eigenvalue weighted by atomic mass is 19.4. The predicted molar refractivity (Wildman–Crippen MR) is 95.5 cm³/mol. The summed E-state index contributed by atoms with van der Waals surface area (Å²) >= 11 is 0. The third-order valence-electron chi connectivity index (χ3n) is 4.65. The molecule has 2 amide bonds. The molecule has 4 nitrogen and oxygen atoms in total. The van der Waals surface area contributed by atoms with Crippen molar-refractivity contribution in [3.05, 3.63) is 65.2 Å². The van der Waals surface area contributed by atoms with Crippen LogP contribution in [0.4, 0.5) is 18.9 Å². The Morgan fingerprint density at radius 1 is 1.04 bits per heavy atom. The lowest BCUT2D eigenvalue weighted by atomic mass is 10.1. The summed E-state index contributed by atoms with van der Waals surface area (Å²) in [5.41, 5.74) is 1.16. The molecule has 142 valence electrons. The van der Waals surface area contributed by atoms with Gasteiger partial charge in [0.2, 0.25) is 5.91 Å². The molecule has 27 heavy (non-hydrogen) atoms. The van der Waals surface area contributed by atoms with E-state index in [2.05, 4.69) is 0 Å². The molecule has 0 aliphatic carbocycles. The molecule has 0 aromatic heterocycles. The van der Waals surface area contributed by atoms with Gasteiger partial charge in [0.05, 0.1) is 5.56 Å². The number of hydrogen-bond acceptors (Lipinski definition) is 2. The Hall–Kier alpha value is -2.83. The van der Waals surface area contributed by atoms with Gasteiger partial charge in [-0.15, -0.1) is 0 Å². The van der Waals surface area contributed by atoms with Crippen LogP contribution in [-0.2, 0) is 11.0 Å². The first-order valence-corrected chi connectivity index (χ1v) is 8.52. The molecule has 0 saturated carbocycles. The van der Waals surface area contributed by atoms with E-state index in [0.29, 0.717) is 6.54 Å². The van der Waals surface area contributed by atoms with Gasteiger partial charge >= 0.3 is 6.18 Å². The number of rotatable bonds is 2. The van der Waals surface area contributed by atoms with Gasteiger partial charge in [-0.3, -0.25) is 9.59 Å². The zero-order valence-electron chi connectivity index (χ0n) is 15.0. The molecule has 2 aromatic carbocycles. The van der Waals surface area contributed by atoms with E-state index in [1.807, 2.05) is 38.1 Å². The number of carbonyl (C=O) groups is 2. The van der Waals surface area contributed by atoms with E-state index in [0.717, 1.165) is 35.5 Å². The first-order chi connectivity index (χ1) is 12.7. The number of carbonyl (C=O) groups excluding carboxylic acids is 2. The van der Waals surface area contributed by atoms with Crippen molar-refractivity contribution in [2.24, 2.45) is 0 Å². The normalized spacial score (nSPS) is 18.0. The predicted octanol–water partition coefficient (Wildman–Crippen LogP) is 3.89. The molecule has 3 rings (SSSR count). The number of piperazine rings is 1. The van der Waals surface area contributed by atoms with Crippen molar-refractivity contribution in [2.75, 3.05) is 18.0 Å². The summed E-state index contributed by atoms with van der Waals surface area (Å²) in [5, 5.41) is 0. The van der Waals surface area contributed by atoms with Gasteiger partial charge in [0, 0.05) is 23.8 Å². The van der Waals surface area contributed by atoms with Crippen LogP contribution in [0.1, 0.15) is 28.4 Å². The van der Waals surface area contributed by atoms with Crippen molar-refractivity contribution in [1.29, 1.82) is 0 Å². The van der Waals surface area contributed by atoms with E-state index in [9.17, 15) is 22.8 Å². The van der Waals surface area contributed by atoms with Crippen molar-refractivity contribution in [2.45, 2.75) is 26.1 Å². The van der Waals surface area contributed by atoms with Crippen molar-refractivity contribution < 1.29 is 22.8 Å². The lowest BCUT2D eigenvalue weighted by Crippen LogP contribution is -2.57. The van der Waals surface area contributed by atoms with Crippen LogP contribution >= 0.6 is 0 Å². The van der Waals surface area contributed by atoms with E-state index in [1.54, 1.807) is 4.90 Å². The maximum Gasteiger partial charge on any atom is 0.416 e. The summed E-state index contributed by atoms with van der Waals surface area (Å²) in [6.07, 6.45) is -4.45. The number of nitrogens with zero attached hydrogens (tertiary/aromatic N) is 2. The highest BCUT2D eigenvalue weighted by molar-refractivity contribution is 6.02. The minimum Gasteiger partial charge on any atom is -0.325 e. The Morgan fingerprint density at radius 3 is 2.19 bits per heavy atom. The van der Waals surface area contributed by atoms with Gasteiger partial charge in [0.1, 0.15) is 6.54 Å². The molecule has 1 fully saturated rings. The molecule has 1 aliphatic rings. The van der Waals surface area contributed by atoms with Crippen molar-refractivity contribution >= 4 is 17.5 Å². The second-order valence-electron chi connectivity index (χ2n) is 6.70. The first-order valence-electron chi connectivity index (χ1n) is 8.52. The molecule has 1 heterocycles. The summed E-state index contributed by atoms with van der Waals surface area (Å²) in [5.74, 6) is -0.676. The minimum absolute atomic E-state index is 0.116. The van der Waals surface area contributed by atoms with Crippen LogP contribution in [0, 0.1) is 6.92 Å². The van der Waals surface area contributed by atoms with Crippen LogP contribution in [0.15, 0.2) is 48.5 Å². The summed E-state index contributed by atoms with van der Waals surface area (Å²) in [6.45, 7) is 3.98. The second kappa shape index (κ2) is 7.06. The van der Waals surface area contributed by atoms with Crippen molar-refractivity contribution in [3.63, 3.8) is 0 Å². The Labute approximate surface area is 155 Å². The number of alkyl halides is 3. The smallest absolute Gasteiger partial charge is 0.325 e. The zero-order chi connectivity index (χ0) is 19.8. The fraction of sp³-hybridized carbons (Fsp3) is 0.300. The number of hydrogen-bond donors (Lipinski definition) is 0. The van der Waals surface area contributed by atoms with E-state index < -0.39 is 17.6 Å². The van der Waals surface area contributed by atoms with E-state index in [-0.39, 0.29) is 24.1 Å². The first kappa shape index (κ1) is 18.9. The molecule has 0 radical (unpaired) electrons. The fourth-order valence-corrected chi connectivity index (χ4v) is 3.07. The molecule has 2 aromatic rings. The molecule has 1 atom stereocenters. The third-order valence-corrected chi connectivity index (χ3v) is 4.65. The van der Waals surface area contributed by atoms with Crippen LogP contribution in [0.2, 0.25) is 0 Å². The lowest BCUT2D eigenvalue weighted by molar-refractivity contribution is -0.137. The average Bonchev–Trinajstić information content (AvgIpc) is 2.63. The van der Waals surface area contributed by atoms with Gasteiger partial charge in [-0.2, -0.15) is 13.2 Å². The van der Waals surface area contributed by atoms with Gasteiger partial charge in [-0.25, -0.2) is 0 Å². The van der Waals surface area contributed by atoms with E-state index in [4.69, 9.17) is 0 Å². The third kappa shape index (κ3) is 3.97. The Kier molecular flexibility index (Phi) is 4.95.